The van der Waals surface area contributed by atoms with Crippen LogP contribution in [0.4, 0.5) is 0 Å². The molecule has 1 saturated carbocycles. The number of hydrogen-bond acceptors (Lipinski definition) is 6. The number of thiazole rings is 1. The van der Waals surface area contributed by atoms with Crippen molar-refractivity contribution in [1.82, 2.24) is 20.3 Å². The first kappa shape index (κ1) is 14.1. The minimum absolute atomic E-state index is 0.194. The van der Waals surface area contributed by atoms with E-state index < -0.39 is 0 Å². The average molecular weight is 304 g/mol. The van der Waals surface area contributed by atoms with E-state index in [1.165, 1.54) is 11.3 Å². The number of rotatable bonds is 6. The summed E-state index contributed by atoms with van der Waals surface area (Å²) in [5, 5.41) is 5.65. The molecule has 0 saturated heterocycles. The second kappa shape index (κ2) is 6.28. The highest BCUT2D eigenvalue weighted by atomic mass is 32.1. The number of ether oxygens (including phenoxy) is 1. The Balaban J connectivity index is 1.59. The Kier molecular flexibility index (Phi) is 4.21. The maximum Gasteiger partial charge on any atom is 0.270 e. The lowest BCUT2D eigenvalue weighted by Gasteiger charge is -2.04. The molecule has 21 heavy (non-hydrogen) atoms. The Morgan fingerprint density at radius 3 is 3.10 bits per heavy atom. The van der Waals surface area contributed by atoms with Crippen molar-refractivity contribution in [2.24, 2.45) is 0 Å². The van der Waals surface area contributed by atoms with Crippen molar-refractivity contribution in [3.63, 3.8) is 0 Å². The fraction of sp³-hybridized carbons (Fsp3) is 0.429. The summed E-state index contributed by atoms with van der Waals surface area (Å²) in [5.74, 6) is 1.02. The highest BCUT2D eigenvalue weighted by Gasteiger charge is 2.27. The number of amides is 1. The Bertz CT molecular complexity index is 639. The highest BCUT2D eigenvalue weighted by Crippen LogP contribution is 2.37. The van der Waals surface area contributed by atoms with E-state index in [4.69, 9.17) is 4.74 Å². The van der Waals surface area contributed by atoms with Gasteiger partial charge >= 0.3 is 0 Å². The zero-order valence-electron chi connectivity index (χ0n) is 11.7. The lowest BCUT2D eigenvalue weighted by atomic mass is 10.3. The highest BCUT2D eigenvalue weighted by molar-refractivity contribution is 7.09. The summed E-state index contributed by atoms with van der Waals surface area (Å²) in [6.45, 7) is 0.886. The van der Waals surface area contributed by atoms with E-state index in [0.29, 0.717) is 24.8 Å². The summed E-state index contributed by atoms with van der Waals surface area (Å²) < 4.78 is 5.02. The summed E-state index contributed by atoms with van der Waals surface area (Å²) in [5.41, 5.74) is 1.25. The smallest absolute Gasteiger partial charge is 0.270 e. The number of carbonyl (C=O) groups excluding carboxylic acids is 1. The van der Waals surface area contributed by atoms with E-state index in [-0.39, 0.29) is 5.91 Å². The van der Waals surface area contributed by atoms with Crippen molar-refractivity contribution in [3.8, 4) is 0 Å². The van der Waals surface area contributed by atoms with Crippen molar-refractivity contribution in [1.29, 1.82) is 0 Å². The van der Waals surface area contributed by atoms with Crippen molar-refractivity contribution in [2.75, 3.05) is 7.11 Å². The van der Waals surface area contributed by atoms with E-state index in [1.54, 1.807) is 19.4 Å². The minimum Gasteiger partial charge on any atom is -0.378 e. The molecule has 3 rings (SSSR count). The summed E-state index contributed by atoms with van der Waals surface area (Å²) in [6, 6.07) is 1.64. The number of nitrogens with one attached hydrogen (secondary N) is 1. The van der Waals surface area contributed by atoms with Crippen molar-refractivity contribution in [2.45, 2.75) is 31.9 Å². The molecule has 1 N–H and O–H groups in total. The number of nitrogens with zero attached hydrogens (tertiary/aromatic N) is 3. The lowest BCUT2D eigenvalue weighted by Crippen LogP contribution is -2.24. The van der Waals surface area contributed by atoms with Gasteiger partial charge in [0.05, 0.1) is 18.8 Å². The number of aromatic nitrogens is 3. The average Bonchev–Trinajstić information content (AvgIpc) is 3.27. The van der Waals surface area contributed by atoms with Crippen LogP contribution in [0.15, 0.2) is 17.6 Å². The van der Waals surface area contributed by atoms with Gasteiger partial charge in [-0.2, -0.15) is 0 Å². The first-order valence-electron chi connectivity index (χ1n) is 6.79. The van der Waals surface area contributed by atoms with Crippen LogP contribution in [0.5, 0.6) is 0 Å². The molecule has 0 radical (unpaired) electrons. The number of hydrogen-bond donors (Lipinski definition) is 1. The molecule has 0 spiro atoms. The molecule has 0 aromatic carbocycles. The largest absolute Gasteiger partial charge is 0.378 e. The maximum absolute atomic E-state index is 12.1. The molecule has 2 aromatic rings. The summed E-state index contributed by atoms with van der Waals surface area (Å²) in [4.78, 5) is 25.0. The van der Waals surface area contributed by atoms with Gasteiger partial charge in [0.2, 0.25) is 0 Å². The normalized spacial score (nSPS) is 14.1. The first-order chi connectivity index (χ1) is 10.3. The molecule has 6 nitrogen and oxygen atoms in total. The Morgan fingerprint density at radius 1 is 1.48 bits per heavy atom. The Labute approximate surface area is 126 Å². The van der Waals surface area contributed by atoms with Crippen LogP contribution in [0, 0.1) is 0 Å². The summed E-state index contributed by atoms with van der Waals surface area (Å²) >= 11 is 1.52. The lowest BCUT2D eigenvalue weighted by molar-refractivity contribution is 0.0945. The third-order valence-corrected chi connectivity index (χ3v) is 4.02. The standard InChI is InChI=1S/C14H16N4O2S/c1-20-7-12-17-10(8-21-12)6-16-14(19)11-4-5-15-13(18-11)9-2-3-9/h4-5,8-9H,2-3,6-7H2,1H3,(H,16,19). The second-order valence-corrected chi connectivity index (χ2v) is 5.87. The topological polar surface area (TPSA) is 77.0 Å². The van der Waals surface area contributed by atoms with E-state index in [0.717, 1.165) is 29.4 Å². The molecule has 110 valence electrons. The summed E-state index contributed by atoms with van der Waals surface area (Å²) in [6.07, 6.45) is 3.88. The fourth-order valence-electron chi connectivity index (χ4n) is 1.92. The predicted molar refractivity (Wildman–Crippen MR) is 78.0 cm³/mol. The molecule has 0 unspecified atom stereocenters. The molecule has 1 amide bonds. The van der Waals surface area contributed by atoms with Gasteiger partial charge in [-0.15, -0.1) is 11.3 Å². The molecule has 0 bridgehead atoms. The zero-order chi connectivity index (χ0) is 14.7. The molecule has 2 heterocycles. The fourth-order valence-corrected chi connectivity index (χ4v) is 2.68. The van der Waals surface area contributed by atoms with Crippen LogP contribution < -0.4 is 5.32 Å². The van der Waals surface area contributed by atoms with Crippen molar-refractivity contribution < 1.29 is 9.53 Å². The van der Waals surface area contributed by atoms with E-state index in [1.807, 2.05) is 5.38 Å². The monoisotopic (exact) mass is 304 g/mol. The van der Waals surface area contributed by atoms with Crippen LogP contribution in [0.3, 0.4) is 0 Å². The van der Waals surface area contributed by atoms with Crippen LogP contribution in [-0.4, -0.2) is 28.0 Å². The summed E-state index contributed by atoms with van der Waals surface area (Å²) in [7, 11) is 1.63. The molecular weight excluding hydrogens is 288 g/mol. The molecule has 0 aliphatic heterocycles. The molecule has 1 aliphatic rings. The molecule has 1 fully saturated rings. The van der Waals surface area contributed by atoms with Gasteiger partial charge < -0.3 is 10.1 Å². The second-order valence-electron chi connectivity index (χ2n) is 4.92. The van der Waals surface area contributed by atoms with Crippen molar-refractivity contribution >= 4 is 17.2 Å². The van der Waals surface area contributed by atoms with Crippen LogP contribution in [0.25, 0.3) is 0 Å². The predicted octanol–water partition coefficient (Wildman–Crippen LogP) is 1.89. The van der Waals surface area contributed by atoms with Crippen molar-refractivity contribution in [3.05, 3.63) is 39.9 Å². The van der Waals surface area contributed by atoms with Gasteiger partial charge in [0.25, 0.3) is 5.91 Å². The Hall–Kier alpha value is -1.86. The zero-order valence-corrected chi connectivity index (χ0v) is 12.5. The van der Waals surface area contributed by atoms with Crippen LogP contribution in [0.2, 0.25) is 0 Å². The molecular formula is C14H16N4O2S. The van der Waals surface area contributed by atoms with E-state index in [2.05, 4.69) is 20.3 Å². The van der Waals surface area contributed by atoms with E-state index in [9.17, 15) is 4.79 Å². The number of methoxy groups -OCH3 is 1. The van der Waals surface area contributed by atoms with Gasteiger partial charge in [0, 0.05) is 24.6 Å². The third-order valence-electron chi connectivity index (χ3n) is 3.15. The van der Waals surface area contributed by atoms with Crippen LogP contribution >= 0.6 is 11.3 Å². The first-order valence-corrected chi connectivity index (χ1v) is 7.67. The maximum atomic E-state index is 12.1. The van der Waals surface area contributed by atoms with Gasteiger partial charge in [0.1, 0.15) is 16.5 Å². The van der Waals surface area contributed by atoms with Gasteiger partial charge in [-0.1, -0.05) is 0 Å². The van der Waals surface area contributed by atoms with E-state index >= 15 is 0 Å². The number of carbonyl (C=O) groups is 1. The van der Waals surface area contributed by atoms with Crippen LogP contribution in [0.1, 0.15) is 45.8 Å². The SMILES string of the molecule is COCc1nc(CNC(=O)c2ccnc(C3CC3)n2)cs1. The molecule has 2 aromatic heterocycles. The molecule has 7 heteroatoms. The van der Waals surface area contributed by atoms with Gasteiger partial charge in [-0.25, -0.2) is 15.0 Å². The molecule has 0 atom stereocenters. The van der Waals surface area contributed by atoms with Gasteiger partial charge in [-0.05, 0) is 18.9 Å². The quantitative estimate of drug-likeness (QED) is 0.882. The van der Waals surface area contributed by atoms with Gasteiger partial charge in [-0.3, -0.25) is 4.79 Å². The molecule has 1 aliphatic carbocycles. The van der Waals surface area contributed by atoms with Crippen LogP contribution in [-0.2, 0) is 17.9 Å². The van der Waals surface area contributed by atoms with Gasteiger partial charge in [0.15, 0.2) is 0 Å². The third kappa shape index (κ3) is 3.62. The minimum atomic E-state index is -0.194. The Morgan fingerprint density at radius 2 is 2.33 bits per heavy atom.